The van der Waals surface area contributed by atoms with Crippen molar-refractivity contribution in [3.8, 4) is 5.75 Å². The summed E-state index contributed by atoms with van der Waals surface area (Å²) in [6.07, 6.45) is 11.9. The number of para-hydroxylation sites is 1. The van der Waals surface area contributed by atoms with Crippen LogP contribution in [0.25, 0.3) is 0 Å². The topological polar surface area (TPSA) is 139 Å². The molecule has 1 aliphatic rings. The lowest BCUT2D eigenvalue weighted by Crippen LogP contribution is -2.50. The van der Waals surface area contributed by atoms with Crippen LogP contribution in [0.2, 0.25) is 0 Å². The number of methoxy groups -OCH3 is 2. The molecule has 256 valence electrons. The van der Waals surface area contributed by atoms with Gasteiger partial charge in [0.15, 0.2) is 0 Å². The predicted molar refractivity (Wildman–Crippen MR) is 174 cm³/mol. The molecule has 1 unspecified atom stereocenters. The number of rotatable bonds is 18. The summed E-state index contributed by atoms with van der Waals surface area (Å²) in [5.41, 5.74) is 3.55. The molecule has 0 radical (unpaired) electrons. The zero-order chi connectivity index (χ0) is 33.7. The molecule has 1 aliphatic heterocycles. The number of unbranched alkanes of at least 4 members (excludes halogenated alkanes) is 7. The fourth-order valence-electron chi connectivity index (χ4n) is 4.51. The van der Waals surface area contributed by atoms with Crippen LogP contribution in [0.1, 0.15) is 68.6 Å². The van der Waals surface area contributed by atoms with Crippen LogP contribution in [0.4, 0.5) is 14.4 Å². The number of allylic oxidation sites excluding steroid dienone is 2. The molecule has 0 saturated carbocycles. The summed E-state index contributed by atoms with van der Waals surface area (Å²) in [7, 11) is 6.07. The van der Waals surface area contributed by atoms with E-state index < -0.39 is 24.3 Å². The Kier molecular flexibility index (Phi) is 17.7. The number of carbonyl (C=O) groups is 4. The Morgan fingerprint density at radius 3 is 2.28 bits per heavy atom. The lowest BCUT2D eigenvalue weighted by atomic mass is 10.1. The summed E-state index contributed by atoms with van der Waals surface area (Å²) < 4.78 is 21.4. The second-order valence-electron chi connectivity index (χ2n) is 11.0. The highest BCUT2D eigenvalue weighted by atomic mass is 16.6. The predicted octanol–water partition coefficient (Wildman–Crippen LogP) is 5.10. The molecule has 0 fully saturated rings. The number of ether oxygens (including phenoxy) is 4. The van der Waals surface area contributed by atoms with Crippen LogP contribution >= 0.6 is 0 Å². The Labute approximate surface area is 272 Å². The molecule has 0 saturated heterocycles. The van der Waals surface area contributed by atoms with Crippen molar-refractivity contribution < 1.29 is 38.1 Å². The molecule has 13 heteroatoms. The van der Waals surface area contributed by atoms with Gasteiger partial charge in [0.25, 0.3) is 5.91 Å². The van der Waals surface area contributed by atoms with Crippen molar-refractivity contribution in [1.29, 1.82) is 0 Å². The average Bonchev–Trinajstić information content (AvgIpc) is 3.07. The highest BCUT2D eigenvalue weighted by molar-refractivity contribution is 5.98. The minimum atomic E-state index is -0.746. The Hall–Kier alpha value is -4.26. The fourth-order valence-corrected chi connectivity index (χ4v) is 4.51. The average molecular weight is 646 g/mol. The van der Waals surface area contributed by atoms with Crippen LogP contribution < -0.4 is 15.5 Å². The second-order valence-corrected chi connectivity index (χ2v) is 11.0. The minimum absolute atomic E-state index is 0.0377. The van der Waals surface area contributed by atoms with Gasteiger partial charge in [-0.05, 0) is 24.6 Å². The number of amides is 5. The van der Waals surface area contributed by atoms with Crippen LogP contribution in [0, 0.1) is 0 Å². The lowest BCUT2D eigenvalue weighted by molar-refractivity contribution is -0.0138. The number of alkyl carbamates (subject to hydrolysis) is 1. The van der Waals surface area contributed by atoms with E-state index >= 15 is 0 Å². The van der Waals surface area contributed by atoms with Gasteiger partial charge >= 0.3 is 18.2 Å². The lowest BCUT2D eigenvalue weighted by Gasteiger charge is -2.27. The van der Waals surface area contributed by atoms with E-state index in [1.807, 2.05) is 12.2 Å². The van der Waals surface area contributed by atoms with Gasteiger partial charge in [0.1, 0.15) is 25.1 Å². The first kappa shape index (κ1) is 37.9. The number of nitrogens with zero attached hydrogens (tertiary/aromatic N) is 3. The first-order valence-electron chi connectivity index (χ1n) is 15.9. The number of urea groups is 1. The molecule has 1 aromatic carbocycles. The Morgan fingerprint density at radius 2 is 1.61 bits per heavy atom. The van der Waals surface area contributed by atoms with Crippen molar-refractivity contribution >= 4 is 24.1 Å². The molecule has 46 heavy (non-hydrogen) atoms. The maximum atomic E-state index is 13.2. The third kappa shape index (κ3) is 13.4. The maximum Gasteiger partial charge on any atom is 0.428 e. The zero-order valence-corrected chi connectivity index (χ0v) is 27.9. The van der Waals surface area contributed by atoms with Gasteiger partial charge < -0.3 is 34.1 Å². The first-order valence-corrected chi connectivity index (χ1v) is 15.9. The van der Waals surface area contributed by atoms with Crippen LogP contribution in [-0.2, 0) is 14.2 Å². The number of hydrogen-bond donors (Lipinski definition) is 2. The molecule has 0 bridgehead atoms. The number of benzene rings is 1. The van der Waals surface area contributed by atoms with E-state index in [2.05, 4.69) is 17.7 Å². The quantitative estimate of drug-likeness (QED) is 0.166. The monoisotopic (exact) mass is 645 g/mol. The summed E-state index contributed by atoms with van der Waals surface area (Å²) in [5.74, 6) is 0.194. The molecule has 1 aromatic rings. The van der Waals surface area contributed by atoms with E-state index in [1.54, 1.807) is 49.3 Å². The molecular formula is C33H51N5O8. The molecule has 2 rings (SSSR count). The smallest absolute Gasteiger partial charge is 0.428 e. The molecule has 0 aromatic heterocycles. The highest BCUT2D eigenvalue weighted by Crippen LogP contribution is 2.22. The SMILES string of the molecule is CCCCCCCCCCN(NC(=O)N(C)C)C(=O)OCC(COC(=O)NCC1=CC=CCN1C(=O)c1ccccc1OC)OC. The minimum Gasteiger partial charge on any atom is -0.496 e. The van der Waals surface area contributed by atoms with Gasteiger partial charge in [-0.15, -0.1) is 0 Å². The molecule has 1 atom stereocenters. The van der Waals surface area contributed by atoms with Crippen molar-refractivity contribution in [3.63, 3.8) is 0 Å². The van der Waals surface area contributed by atoms with Crippen molar-refractivity contribution in [2.75, 3.05) is 61.2 Å². The van der Waals surface area contributed by atoms with Gasteiger partial charge in [0.05, 0.1) is 19.2 Å². The molecule has 13 nitrogen and oxygen atoms in total. The van der Waals surface area contributed by atoms with Gasteiger partial charge in [-0.25, -0.2) is 24.8 Å². The number of hydrazine groups is 1. The Bertz CT molecular complexity index is 1170. The largest absolute Gasteiger partial charge is 0.496 e. The van der Waals surface area contributed by atoms with Gasteiger partial charge in [0, 0.05) is 40.0 Å². The molecule has 0 aliphatic carbocycles. The van der Waals surface area contributed by atoms with E-state index in [0.29, 0.717) is 36.5 Å². The second kappa shape index (κ2) is 21.5. The van der Waals surface area contributed by atoms with Crippen molar-refractivity contribution in [1.82, 2.24) is 25.6 Å². The summed E-state index contributed by atoms with van der Waals surface area (Å²) in [6.45, 7) is 2.46. The van der Waals surface area contributed by atoms with Crippen LogP contribution in [0.3, 0.4) is 0 Å². The fraction of sp³-hybridized carbons (Fsp3) is 0.576. The Balaban J connectivity index is 1.82. The normalized spacial score (nSPS) is 12.9. The summed E-state index contributed by atoms with van der Waals surface area (Å²) in [4.78, 5) is 53.7. The van der Waals surface area contributed by atoms with E-state index in [9.17, 15) is 19.2 Å². The third-order valence-corrected chi connectivity index (χ3v) is 7.27. The van der Waals surface area contributed by atoms with Gasteiger partial charge in [0.2, 0.25) is 0 Å². The third-order valence-electron chi connectivity index (χ3n) is 7.27. The summed E-state index contributed by atoms with van der Waals surface area (Å²) in [5, 5.41) is 3.80. The number of nitrogens with one attached hydrogen (secondary N) is 2. The summed E-state index contributed by atoms with van der Waals surface area (Å²) in [6, 6.07) is 6.48. The zero-order valence-electron chi connectivity index (χ0n) is 27.9. The van der Waals surface area contributed by atoms with Gasteiger partial charge in [-0.2, -0.15) is 0 Å². The van der Waals surface area contributed by atoms with Gasteiger partial charge in [-0.1, -0.05) is 76.2 Å². The summed E-state index contributed by atoms with van der Waals surface area (Å²) >= 11 is 0. The van der Waals surface area contributed by atoms with Crippen molar-refractivity contribution in [2.45, 2.75) is 64.4 Å². The molecule has 5 amide bonds. The van der Waals surface area contributed by atoms with Crippen LogP contribution in [0.15, 0.2) is 48.2 Å². The van der Waals surface area contributed by atoms with Crippen LogP contribution in [0.5, 0.6) is 5.75 Å². The van der Waals surface area contributed by atoms with Crippen LogP contribution in [-0.4, -0.2) is 106 Å². The number of hydrogen-bond acceptors (Lipinski definition) is 8. The highest BCUT2D eigenvalue weighted by Gasteiger charge is 2.24. The van der Waals surface area contributed by atoms with E-state index in [4.69, 9.17) is 18.9 Å². The molecule has 1 heterocycles. The van der Waals surface area contributed by atoms with E-state index in [1.165, 1.54) is 44.8 Å². The van der Waals surface area contributed by atoms with Crippen molar-refractivity contribution in [3.05, 3.63) is 53.8 Å². The maximum absolute atomic E-state index is 13.2. The van der Waals surface area contributed by atoms with Gasteiger partial charge in [-0.3, -0.25) is 4.79 Å². The molecular weight excluding hydrogens is 594 g/mol. The first-order chi connectivity index (χ1) is 22.2. The van der Waals surface area contributed by atoms with Crippen molar-refractivity contribution in [2.24, 2.45) is 0 Å². The Morgan fingerprint density at radius 1 is 0.935 bits per heavy atom. The molecule has 2 N–H and O–H groups in total. The number of carbonyl (C=O) groups excluding carboxylic acids is 4. The van der Waals surface area contributed by atoms with E-state index in [-0.39, 0.29) is 25.7 Å². The molecule has 0 spiro atoms. The van der Waals surface area contributed by atoms with E-state index in [0.717, 1.165) is 24.3 Å². The standard InChI is InChI=1S/C33H51N5O8/c1-6-7-8-9-10-11-12-16-22-38(35-31(40)36(2)3)33(42)46-25-27(43-4)24-45-32(41)34-23-26-18-15-17-21-37(26)30(39)28-19-13-14-20-29(28)44-5/h13-15,17-20,27H,6-12,16,21-25H2,1-5H3,(H,34,41)(H,35,40).